The van der Waals surface area contributed by atoms with Gasteiger partial charge >= 0.3 is 7.12 Å². The summed E-state index contributed by atoms with van der Waals surface area (Å²) in [5, 5.41) is 17.7. The van der Waals surface area contributed by atoms with E-state index in [2.05, 4.69) is 0 Å². The minimum absolute atomic E-state index is 0.0502. The first-order valence-electron chi connectivity index (χ1n) is 7.28. The number of ether oxygens (including phenoxy) is 1. The third-order valence-corrected chi connectivity index (χ3v) is 3.38. The van der Waals surface area contributed by atoms with Crippen LogP contribution in [0.3, 0.4) is 0 Å². The number of benzene rings is 2. The van der Waals surface area contributed by atoms with Crippen molar-refractivity contribution in [2.75, 3.05) is 0 Å². The highest BCUT2D eigenvalue weighted by Crippen LogP contribution is 2.25. The van der Waals surface area contributed by atoms with Crippen LogP contribution in [0.25, 0.3) is 0 Å². The van der Waals surface area contributed by atoms with Crippen LogP contribution in [0, 0.1) is 23.3 Å². The van der Waals surface area contributed by atoms with Gasteiger partial charge in [-0.3, -0.25) is 0 Å². The Morgan fingerprint density at radius 2 is 1.38 bits per heavy atom. The van der Waals surface area contributed by atoms with Crippen molar-refractivity contribution in [1.82, 2.24) is 0 Å². The molecule has 3 nitrogen and oxygen atoms in total. The zero-order chi connectivity index (χ0) is 17.9. The lowest BCUT2D eigenvalue weighted by atomic mass is 9.79. The van der Waals surface area contributed by atoms with Crippen LogP contribution in [0.2, 0.25) is 0 Å². The Hall–Kier alpha value is -2.06. The third kappa shape index (κ3) is 4.07. The van der Waals surface area contributed by atoms with Gasteiger partial charge in [0, 0.05) is 0 Å². The van der Waals surface area contributed by atoms with Crippen LogP contribution < -0.4 is 10.2 Å². The van der Waals surface area contributed by atoms with E-state index in [0.717, 1.165) is 30.7 Å². The van der Waals surface area contributed by atoms with Crippen molar-refractivity contribution in [2.45, 2.75) is 26.4 Å². The van der Waals surface area contributed by atoms with E-state index < -0.39 is 48.2 Å². The highest BCUT2D eigenvalue weighted by Gasteiger charge is 2.23. The van der Waals surface area contributed by atoms with E-state index in [4.69, 9.17) is 14.8 Å². The van der Waals surface area contributed by atoms with E-state index in [-0.39, 0.29) is 5.56 Å². The first-order valence-corrected chi connectivity index (χ1v) is 7.28. The molecule has 0 saturated heterocycles. The van der Waals surface area contributed by atoms with Crippen molar-refractivity contribution in [3.05, 3.63) is 58.7 Å². The average Bonchev–Trinajstić information content (AvgIpc) is 2.45. The van der Waals surface area contributed by atoms with Crippen LogP contribution in [0.1, 0.15) is 24.5 Å². The summed E-state index contributed by atoms with van der Waals surface area (Å²) in [6, 6.07) is 3.90. The molecule has 0 heterocycles. The third-order valence-electron chi connectivity index (χ3n) is 3.38. The number of aryl methyl sites for hydroxylation is 1. The fourth-order valence-electron chi connectivity index (χ4n) is 2.31. The minimum atomic E-state index is -2.30. The van der Waals surface area contributed by atoms with Crippen LogP contribution in [0.5, 0.6) is 5.75 Å². The van der Waals surface area contributed by atoms with Gasteiger partial charge in [0.25, 0.3) is 0 Å². The van der Waals surface area contributed by atoms with Gasteiger partial charge in [-0.1, -0.05) is 13.3 Å². The lowest BCUT2D eigenvalue weighted by Crippen LogP contribution is -2.35. The Morgan fingerprint density at radius 1 is 0.875 bits per heavy atom. The molecule has 0 atom stereocenters. The van der Waals surface area contributed by atoms with Gasteiger partial charge in [-0.2, -0.15) is 0 Å². The fourth-order valence-corrected chi connectivity index (χ4v) is 2.31. The van der Waals surface area contributed by atoms with E-state index >= 15 is 0 Å². The summed E-state index contributed by atoms with van der Waals surface area (Å²) in [7, 11) is -2.30. The van der Waals surface area contributed by atoms with Crippen LogP contribution in [-0.2, 0) is 13.0 Å². The van der Waals surface area contributed by atoms with Gasteiger partial charge in [-0.25, -0.2) is 17.6 Å². The van der Waals surface area contributed by atoms with Crippen molar-refractivity contribution in [3.63, 3.8) is 0 Å². The lowest BCUT2D eigenvalue weighted by Gasteiger charge is -2.11. The second-order valence-electron chi connectivity index (χ2n) is 5.27. The molecule has 0 aromatic heterocycles. The molecule has 0 unspecified atom stereocenters. The molecular formula is C16H15BF4O3. The summed E-state index contributed by atoms with van der Waals surface area (Å²) in [6.07, 6.45) is 1.23. The van der Waals surface area contributed by atoms with Crippen LogP contribution in [0.4, 0.5) is 17.6 Å². The smallest absolute Gasteiger partial charge is 0.483 e. The molecule has 0 aliphatic carbocycles. The molecule has 2 aromatic carbocycles. The molecule has 2 N–H and O–H groups in total. The minimum Gasteiger partial charge on any atom is -0.483 e. The summed E-state index contributed by atoms with van der Waals surface area (Å²) < 4.78 is 60.0. The van der Waals surface area contributed by atoms with Gasteiger partial charge in [0.05, 0.1) is 5.46 Å². The van der Waals surface area contributed by atoms with Gasteiger partial charge in [0.1, 0.15) is 18.2 Å². The molecule has 0 aliphatic rings. The Labute approximate surface area is 136 Å². The van der Waals surface area contributed by atoms with E-state index in [9.17, 15) is 17.6 Å². The van der Waals surface area contributed by atoms with Gasteiger partial charge < -0.3 is 14.8 Å². The maximum atomic E-state index is 13.9. The number of hydrogen-bond acceptors (Lipinski definition) is 3. The lowest BCUT2D eigenvalue weighted by molar-refractivity contribution is 0.273. The summed E-state index contributed by atoms with van der Waals surface area (Å²) in [5.74, 6) is -4.82. The summed E-state index contributed by atoms with van der Waals surface area (Å²) in [6.45, 7) is 1.38. The van der Waals surface area contributed by atoms with Gasteiger partial charge in [-0.05, 0) is 41.8 Å². The fraction of sp³-hybridized carbons (Fsp3) is 0.250. The Balaban J connectivity index is 2.20. The van der Waals surface area contributed by atoms with E-state index in [1.54, 1.807) is 0 Å². The first kappa shape index (κ1) is 18.3. The maximum Gasteiger partial charge on any atom is 0.494 e. The van der Waals surface area contributed by atoms with Gasteiger partial charge in [0.2, 0.25) is 0 Å². The van der Waals surface area contributed by atoms with Crippen molar-refractivity contribution < 1.29 is 32.3 Å². The molecule has 0 radical (unpaired) electrons. The SMILES string of the molecule is CCCc1cc(F)c(OCc2cc(F)c(B(O)O)c(F)c2)c(F)c1. The molecule has 0 aliphatic heterocycles. The molecule has 0 bridgehead atoms. The second-order valence-corrected chi connectivity index (χ2v) is 5.27. The van der Waals surface area contributed by atoms with Gasteiger partial charge in [-0.15, -0.1) is 0 Å². The average molecular weight is 342 g/mol. The Kier molecular flexibility index (Phi) is 5.85. The molecule has 128 valence electrons. The summed E-state index contributed by atoms with van der Waals surface area (Å²) in [4.78, 5) is 0. The summed E-state index contributed by atoms with van der Waals surface area (Å²) >= 11 is 0. The Morgan fingerprint density at radius 3 is 1.83 bits per heavy atom. The van der Waals surface area contributed by atoms with Gasteiger partial charge in [0.15, 0.2) is 17.4 Å². The Bertz CT molecular complexity index is 691. The molecule has 2 rings (SSSR count). The molecule has 8 heteroatoms. The molecule has 24 heavy (non-hydrogen) atoms. The largest absolute Gasteiger partial charge is 0.494 e. The number of rotatable bonds is 6. The molecule has 0 saturated carbocycles. The summed E-state index contributed by atoms with van der Waals surface area (Å²) in [5.41, 5.74) is -0.468. The number of hydrogen-bond donors (Lipinski definition) is 2. The van der Waals surface area contributed by atoms with Crippen LogP contribution >= 0.6 is 0 Å². The second kappa shape index (κ2) is 7.68. The number of halogens is 4. The van der Waals surface area contributed by atoms with Crippen LogP contribution in [0.15, 0.2) is 24.3 Å². The van der Waals surface area contributed by atoms with E-state index in [1.807, 2.05) is 6.92 Å². The van der Waals surface area contributed by atoms with Crippen molar-refractivity contribution >= 4 is 12.6 Å². The highest BCUT2D eigenvalue weighted by atomic mass is 19.1. The normalized spacial score (nSPS) is 10.8. The monoisotopic (exact) mass is 342 g/mol. The molecule has 0 amide bonds. The van der Waals surface area contributed by atoms with Crippen molar-refractivity contribution in [2.24, 2.45) is 0 Å². The predicted molar refractivity (Wildman–Crippen MR) is 80.9 cm³/mol. The van der Waals surface area contributed by atoms with Crippen molar-refractivity contribution in [3.8, 4) is 5.75 Å². The van der Waals surface area contributed by atoms with E-state index in [0.29, 0.717) is 12.0 Å². The maximum absolute atomic E-state index is 13.9. The van der Waals surface area contributed by atoms with E-state index in [1.165, 1.54) is 0 Å². The quantitative estimate of drug-likeness (QED) is 0.626. The first-order chi connectivity index (χ1) is 11.3. The standard InChI is InChI=1S/C16H15BF4O3/c1-2-3-9-4-13(20)16(14(21)5-9)24-8-10-6-11(18)15(17(22)23)12(19)7-10/h4-7,22-23H,2-3,8H2,1H3. The van der Waals surface area contributed by atoms with Crippen molar-refractivity contribution in [1.29, 1.82) is 0 Å². The van der Waals surface area contributed by atoms with Crippen LogP contribution in [-0.4, -0.2) is 17.2 Å². The zero-order valence-electron chi connectivity index (χ0n) is 12.8. The molecular weight excluding hydrogens is 327 g/mol. The topological polar surface area (TPSA) is 49.7 Å². The molecule has 2 aromatic rings. The molecule has 0 fully saturated rings. The highest BCUT2D eigenvalue weighted by molar-refractivity contribution is 6.58. The predicted octanol–water partition coefficient (Wildman–Crippen LogP) is 2.45. The zero-order valence-corrected chi connectivity index (χ0v) is 12.8. The molecule has 0 spiro atoms.